The molecule has 7 nitrogen and oxygen atoms in total. The molecule has 1 amide bonds. The van der Waals surface area contributed by atoms with Crippen molar-refractivity contribution in [1.29, 1.82) is 0 Å². The smallest absolute Gasteiger partial charge is 0.407 e. The van der Waals surface area contributed by atoms with Gasteiger partial charge in [0.2, 0.25) is 0 Å². The van der Waals surface area contributed by atoms with Crippen molar-refractivity contribution in [3.05, 3.63) is 18.2 Å². The fourth-order valence-electron chi connectivity index (χ4n) is 2.55. The van der Waals surface area contributed by atoms with Gasteiger partial charge in [0, 0.05) is 45.0 Å². The number of alkyl carbamates (subject to hydrolysis) is 1. The van der Waals surface area contributed by atoms with E-state index in [1.807, 2.05) is 27.0 Å². The van der Waals surface area contributed by atoms with E-state index in [0.717, 1.165) is 18.7 Å². The second kappa shape index (κ2) is 7.31. The summed E-state index contributed by atoms with van der Waals surface area (Å²) in [6, 6.07) is 0. The summed E-state index contributed by atoms with van der Waals surface area (Å²) in [4.78, 5) is 15.9. The molecule has 0 saturated carbocycles. The molecule has 23 heavy (non-hydrogen) atoms. The summed E-state index contributed by atoms with van der Waals surface area (Å²) >= 11 is 0. The van der Waals surface area contributed by atoms with Crippen LogP contribution in [0.4, 0.5) is 4.79 Å². The summed E-state index contributed by atoms with van der Waals surface area (Å²) in [6.45, 7) is 8.04. The van der Waals surface area contributed by atoms with Crippen molar-refractivity contribution in [2.75, 3.05) is 26.9 Å². The zero-order chi connectivity index (χ0) is 16.9. The Balaban J connectivity index is 1.85. The van der Waals surface area contributed by atoms with Crippen LogP contribution in [0.15, 0.2) is 12.5 Å². The number of aromatic nitrogens is 2. The first-order valence-electron chi connectivity index (χ1n) is 7.92. The van der Waals surface area contributed by atoms with Gasteiger partial charge < -0.3 is 24.1 Å². The van der Waals surface area contributed by atoms with Crippen LogP contribution in [0.2, 0.25) is 0 Å². The van der Waals surface area contributed by atoms with Crippen molar-refractivity contribution in [2.24, 2.45) is 0 Å². The lowest BCUT2D eigenvalue weighted by Gasteiger charge is -2.27. The molecule has 1 fully saturated rings. The van der Waals surface area contributed by atoms with Crippen molar-refractivity contribution in [2.45, 2.75) is 51.4 Å². The number of nitrogens with zero attached hydrogens (tertiary/aromatic N) is 2. The van der Waals surface area contributed by atoms with Crippen LogP contribution in [-0.4, -0.2) is 53.7 Å². The Morgan fingerprint density at radius 3 is 2.91 bits per heavy atom. The van der Waals surface area contributed by atoms with Crippen LogP contribution >= 0.6 is 0 Å². The minimum absolute atomic E-state index is 0.284. The normalized spacial score (nSPS) is 21.4. The van der Waals surface area contributed by atoms with E-state index in [0.29, 0.717) is 26.1 Å². The van der Waals surface area contributed by atoms with E-state index in [4.69, 9.17) is 14.2 Å². The van der Waals surface area contributed by atoms with Gasteiger partial charge in [-0.15, -0.1) is 0 Å². The Bertz CT molecular complexity index is 516. The van der Waals surface area contributed by atoms with Gasteiger partial charge in [-0.05, 0) is 20.8 Å². The molecule has 1 unspecified atom stereocenters. The third-order valence-electron chi connectivity index (χ3n) is 3.81. The van der Waals surface area contributed by atoms with Gasteiger partial charge in [0.1, 0.15) is 11.2 Å². The fraction of sp³-hybridized carbons (Fsp3) is 0.750. The molecule has 1 aliphatic heterocycles. The quantitative estimate of drug-likeness (QED) is 0.862. The molecule has 1 saturated heterocycles. The maximum Gasteiger partial charge on any atom is 0.407 e. The van der Waals surface area contributed by atoms with Gasteiger partial charge >= 0.3 is 6.09 Å². The van der Waals surface area contributed by atoms with Gasteiger partial charge in [-0.25, -0.2) is 9.78 Å². The molecule has 0 aliphatic carbocycles. The van der Waals surface area contributed by atoms with Crippen molar-refractivity contribution in [1.82, 2.24) is 14.9 Å². The highest BCUT2D eigenvalue weighted by Crippen LogP contribution is 2.25. The van der Waals surface area contributed by atoms with Crippen molar-refractivity contribution in [3.63, 3.8) is 0 Å². The van der Waals surface area contributed by atoms with Crippen LogP contribution in [0.25, 0.3) is 0 Å². The highest BCUT2D eigenvalue weighted by atomic mass is 16.6. The van der Waals surface area contributed by atoms with Crippen molar-refractivity contribution in [3.8, 4) is 0 Å². The van der Waals surface area contributed by atoms with E-state index in [1.165, 1.54) is 0 Å². The summed E-state index contributed by atoms with van der Waals surface area (Å²) in [7, 11) is 1.72. The average Bonchev–Trinajstić information content (AvgIpc) is 3.08. The fourth-order valence-corrected chi connectivity index (χ4v) is 2.55. The Morgan fingerprint density at radius 1 is 1.52 bits per heavy atom. The van der Waals surface area contributed by atoms with Crippen molar-refractivity contribution < 1.29 is 19.0 Å². The summed E-state index contributed by atoms with van der Waals surface area (Å²) in [5.41, 5.74) is 0.275. The first kappa shape index (κ1) is 17.7. The summed E-state index contributed by atoms with van der Waals surface area (Å²) < 4.78 is 18.4. The lowest BCUT2D eigenvalue weighted by molar-refractivity contribution is -0.0299. The summed E-state index contributed by atoms with van der Waals surface area (Å²) in [6.07, 6.45) is 4.76. The van der Waals surface area contributed by atoms with Gasteiger partial charge in [0.15, 0.2) is 0 Å². The predicted octanol–water partition coefficient (Wildman–Crippen LogP) is 1.76. The molecule has 0 radical (unpaired) electrons. The van der Waals surface area contributed by atoms with Gasteiger partial charge in [-0.1, -0.05) is 0 Å². The summed E-state index contributed by atoms with van der Waals surface area (Å²) in [5, 5.41) is 2.76. The van der Waals surface area contributed by atoms with E-state index in [-0.39, 0.29) is 5.60 Å². The second-order valence-electron chi connectivity index (χ2n) is 6.88. The number of rotatable bonds is 6. The largest absolute Gasteiger partial charge is 0.444 e. The third kappa shape index (κ3) is 5.21. The predicted molar refractivity (Wildman–Crippen MR) is 85.3 cm³/mol. The minimum Gasteiger partial charge on any atom is -0.444 e. The van der Waals surface area contributed by atoms with Gasteiger partial charge in [0.05, 0.1) is 19.5 Å². The number of carbonyl (C=O) groups excluding carboxylic acids is 1. The topological polar surface area (TPSA) is 74.6 Å². The molecule has 2 rings (SSSR count). The van der Waals surface area contributed by atoms with Gasteiger partial charge in [-0.2, -0.15) is 0 Å². The molecular formula is C16H27N3O4. The number of hydrogen-bond donors (Lipinski definition) is 1. The zero-order valence-corrected chi connectivity index (χ0v) is 14.4. The molecule has 0 bridgehead atoms. The summed E-state index contributed by atoms with van der Waals surface area (Å²) in [5.74, 6) is 0. The maximum atomic E-state index is 11.7. The second-order valence-corrected chi connectivity index (χ2v) is 6.88. The van der Waals surface area contributed by atoms with Crippen LogP contribution in [0.1, 0.15) is 32.9 Å². The monoisotopic (exact) mass is 325 g/mol. The maximum absolute atomic E-state index is 11.7. The molecule has 1 atom stereocenters. The molecule has 1 aliphatic rings. The van der Waals surface area contributed by atoms with Crippen LogP contribution in [-0.2, 0) is 27.2 Å². The molecular weight excluding hydrogens is 298 g/mol. The van der Waals surface area contributed by atoms with E-state index in [1.54, 1.807) is 13.4 Å². The molecule has 1 N–H and O–H groups in total. The molecule has 7 heteroatoms. The first-order chi connectivity index (χ1) is 10.8. The van der Waals surface area contributed by atoms with E-state index in [9.17, 15) is 4.79 Å². The molecule has 130 valence electrons. The van der Waals surface area contributed by atoms with Crippen LogP contribution < -0.4 is 5.32 Å². The number of methoxy groups -OCH3 is 1. The number of amides is 1. The SMILES string of the molecule is COC1(Cn2cncc2CCNC(=O)OC(C)(C)C)CCOC1. The number of nitrogens with one attached hydrogen (secondary N) is 1. The molecule has 1 aromatic rings. The highest BCUT2D eigenvalue weighted by Gasteiger charge is 2.35. The number of carbonyl (C=O) groups is 1. The number of imidazole rings is 1. The van der Waals surface area contributed by atoms with E-state index in [2.05, 4.69) is 14.9 Å². The average molecular weight is 325 g/mol. The number of ether oxygens (including phenoxy) is 3. The molecule has 0 aromatic carbocycles. The molecule has 2 heterocycles. The Labute approximate surface area is 137 Å². The first-order valence-corrected chi connectivity index (χ1v) is 7.92. The van der Waals surface area contributed by atoms with Crippen molar-refractivity contribution >= 4 is 6.09 Å². The van der Waals surface area contributed by atoms with Crippen LogP contribution in [0, 0.1) is 0 Å². The highest BCUT2D eigenvalue weighted by molar-refractivity contribution is 5.67. The Morgan fingerprint density at radius 2 is 2.30 bits per heavy atom. The van der Waals surface area contributed by atoms with E-state index >= 15 is 0 Å². The lowest BCUT2D eigenvalue weighted by atomic mass is 10.0. The molecule has 1 aromatic heterocycles. The van der Waals surface area contributed by atoms with E-state index < -0.39 is 11.7 Å². The zero-order valence-electron chi connectivity index (χ0n) is 14.4. The standard InChI is InChI=1S/C16H27N3O4/c1-15(2,3)23-14(20)18-7-5-13-9-17-12-19(13)10-16(21-4)6-8-22-11-16/h9,12H,5-8,10-11H2,1-4H3,(H,18,20). The Hall–Kier alpha value is -1.60. The molecule has 0 spiro atoms. The Kier molecular flexibility index (Phi) is 5.64. The minimum atomic E-state index is -0.487. The van der Waals surface area contributed by atoms with Gasteiger partial charge in [0.25, 0.3) is 0 Å². The van der Waals surface area contributed by atoms with Crippen LogP contribution in [0.5, 0.6) is 0 Å². The van der Waals surface area contributed by atoms with Crippen LogP contribution in [0.3, 0.4) is 0 Å². The van der Waals surface area contributed by atoms with Gasteiger partial charge in [-0.3, -0.25) is 0 Å². The third-order valence-corrected chi connectivity index (χ3v) is 3.81. The lowest BCUT2D eigenvalue weighted by Crippen LogP contribution is -2.37. The number of hydrogen-bond acceptors (Lipinski definition) is 5.